The van der Waals surface area contributed by atoms with Gasteiger partial charge in [0.05, 0.1) is 18.2 Å². The van der Waals surface area contributed by atoms with Crippen LogP contribution in [0.2, 0.25) is 0 Å². The lowest BCUT2D eigenvalue weighted by Gasteiger charge is -2.37. The van der Waals surface area contributed by atoms with Gasteiger partial charge < -0.3 is 15.7 Å². The van der Waals surface area contributed by atoms with E-state index in [1.54, 1.807) is 6.07 Å². The van der Waals surface area contributed by atoms with E-state index < -0.39 is 46.8 Å². The average Bonchev–Trinajstić information content (AvgIpc) is 2.83. The lowest BCUT2D eigenvalue weighted by molar-refractivity contribution is -0.203. The monoisotopic (exact) mass is 506 g/mol. The Kier molecular flexibility index (Phi) is 7.71. The molecule has 1 aromatic heterocycles. The van der Waals surface area contributed by atoms with Crippen LogP contribution in [0.1, 0.15) is 22.4 Å². The number of halogens is 5. The van der Waals surface area contributed by atoms with Gasteiger partial charge in [-0.3, -0.25) is 9.99 Å². The highest BCUT2D eigenvalue weighted by Gasteiger charge is 2.58. The van der Waals surface area contributed by atoms with Crippen molar-refractivity contribution in [3.63, 3.8) is 0 Å². The summed E-state index contributed by atoms with van der Waals surface area (Å²) in [7, 11) is 0. The SMILES string of the molecule is N#Cc1ccc(OCc2ccc(C(F)(F)C(O)(CN(N)/C=N\N)c3ccc(F)cc3F)nc2)c(F)c1. The van der Waals surface area contributed by atoms with Gasteiger partial charge >= 0.3 is 5.92 Å². The smallest absolute Gasteiger partial charge is 0.323 e. The summed E-state index contributed by atoms with van der Waals surface area (Å²) in [6.07, 6.45) is 1.71. The molecule has 0 amide bonds. The zero-order valence-electron chi connectivity index (χ0n) is 18.4. The summed E-state index contributed by atoms with van der Waals surface area (Å²) < 4.78 is 78.4. The summed E-state index contributed by atoms with van der Waals surface area (Å²) in [5.74, 6) is 2.80. The second kappa shape index (κ2) is 10.5. The van der Waals surface area contributed by atoms with E-state index in [1.807, 2.05) is 0 Å². The lowest BCUT2D eigenvalue weighted by atomic mass is 9.84. The summed E-state index contributed by atoms with van der Waals surface area (Å²) in [6, 6.07) is 9.08. The van der Waals surface area contributed by atoms with Crippen LogP contribution in [-0.4, -0.2) is 28.0 Å². The number of aromatic nitrogens is 1. The summed E-state index contributed by atoms with van der Waals surface area (Å²) in [4.78, 5) is 3.66. The van der Waals surface area contributed by atoms with E-state index in [1.165, 1.54) is 18.2 Å². The minimum Gasteiger partial charge on any atom is -0.486 e. The zero-order chi connectivity index (χ0) is 26.5. The molecule has 2 aromatic carbocycles. The van der Waals surface area contributed by atoms with Crippen molar-refractivity contribution in [3.8, 4) is 11.8 Å². The largest absolute Gasteiger partial charge is 0.486 e. The topological polar surface area (TPSA) is 134 Å². The summed E-state index contributed by atoms with van der Waals surface area (Å²) in [5, 5.41) is 23.4. The van der Waals surface area contributed by atoms with E-state index >= 15 is 8.78 Å². The Morgan fingerprint density at radius 2 is 1.86 bits per heavy atom. The number of hydrogen-bond acceptors (Lipinski definition) is 7. The van der Waals surface area contributed by atoms with Gasteiger partial charge in [0.15, 0.2) is 17.2 Å². The first-order valence-corrected chi connectivity index (χ1v) is 10.1. The number of rotatable bonds is 9. The molecule has 8 nitrogen and oxygen atoms in total. The standard InChI is InChI=1S/C23H19F5N6O2/c24-16-3-4-17(18(25)8-16)22(35,12-34(31)13-33-30)23(27,28)21-6-2-15(10-32-21)11-36-20-5-1-14(9-29)7-19(20)26/h1-8,10,13,35H,11-12,30-31H2/b33-13-. The van der Waals surface area contributed by atoms with Crippen LogP contribution in [-0.2, 0) is 18.1 Å². The molecular weight excluding hydrogens is 487 g/mol. The second-order valence-electron chi connectivity index (χ2n) is 7.59. The van der Waals surface area contributed by atoms with Crippen molar-refractivity contribution in [3.05, 3.63) is 94.6 Å². The molecule has 0 aliphatic carbocycles. The number of nitrogens with zero attached hydrogens (tertiary/aromatic N) is 4. The van der Waals surface area contributed by atoms with Gasteiger partial charge in [-0.2, -0.15) is 19.1 Å². The summed E-state index contributed by atoms with van der Waals surface area (Å²) in [6.45, 7) is -1.37. The van der Waals surface area contributed by atoms with E-state index in [0.717, 1.165) is 24.7 Å². The van der Waals surface area contributed by atoms with Gasteiger partial charge in [-0.1, -0.05) is 6.07 Å². The Bertz CT molecular complexity index is 1300. The molecule has 36 heavy (non-hydrogen) atoms. The van der Waals surface area contributed by atoms with Crippen LogP contribution >= 0.6 is 0 Å². The molecule has 0 saturated heterocycles. The highest BCUT2D eigenvalue weighted by molar-refractivity contribution is 5.53. The van der Waals surface area contributed by atoms with Gasteiger partial charge in [0, 0.05) is 23.4 Å². The number of nitrogens with two attached hydrogens (primary N) is 2. The number of hydrogen-bond donors (Lipinski definition) is 3. The first-order chi connectivity index (χ1) is 17.0. The van der Waals surface area contributed by atoms with Crippen molar-refractivity contribution < 1.29 is 31.8 Å². The molecule has 1 heterocycles. The Morgan fingerprint density at radius 3 is 2.44 bits per heavy atom. The van der Waals surface area contributed by atoms with Gasteiger partial charge in [0.25, 0.3) is 0 Å². The van der Waals surface area contributed by atoms with E-state index in [-0.39, 0.29) is 23.5 Å². The minimum absolute atomic E-state index is 0.0898. The maximum Gasteiger partial charge on any atom is 0.323 e. The molecule has 3 aromatic rings. The first-order valence-electron chi connectivity index (χ1n) is 10.1. The fourth-order valence-electron chi connectivity index (χ4n) is 3.33. The van der Waals surface area contributed by atoms with Gasteiger partial charge in [0.1, 0.15) is 30.3 Å². The van der Waals surface area contributed by atoms with Gasteiger partial charge in [-0.15, -0.1) is 0 Å². The van der Waals surface area contributed by atoms with Gasteiger partial charge in [-0.05, 0) is 36.4 Å². The van der Waals surface area contributed by atoms with Gasteiger partial charge in [0.2, 0.25) is 0 Å². The molecule has 13 heteroatoms. The lowest BCUT2D eigenvalue weighted by Crippen LogP contribution is -2.53. The number of nitriles is 1. The molecule has 0 bridgehead atoms. The molecule has 1 unspecified atom stereocenters. The molecule has 0 radical (unpaired) electrons. The van der Waals surface area contributed by atoms with Crippen LogP contribution < -0.4 is 16.4 Å². The van der Waals surface area contributed by atoms with Crippen molar-refractivity contribution >= 4 is 6.34 Å². The Morgan fingerprint density at radius 1 is 1.11 bits per heavy atom. The van der Waals surface area contributed by atoms with Crippen LogP contribution in [0.25, 0.3) is 0 Å². The van der Waals surface area contributed by atoms with Crippen molar-refractivity contribution in [2.45, 2.75) is 18.1 Å². The maximum absolute atomic E-state index is 15.6. The Hall–Kier alpha value is -4.28. The number of hydrazone groups is 1. The zero-order valence-corrected chi connectivity index (χ0v) is 18.4. The highest BCUT2D eigenvalue weighted by atomic mass is 19.3. The quantitative estimate of drug-likeness (QED) is 0.134. The van der Waals surface area contributed by atoms with Gasteiger partial charge in [-0.25, -0.2) is 19.0 Å². The van der Waals surface area contributed by atoms with Crippen LogP contribution in [0.15, 0.2) is 59.8 Å². The number of ether oxygens (including phenoxy) is 1. The number of benzene rings is 2. The van der Waals surface area contributed by atoms with Crippen molar-refractivity contribution in [2.75, 3.05) is 6.54 Å². The molecule has 0 aliphatic rings. The van der Waals surface area contributed by atoms with Crippen LogP contribution in [0.4, 0.5) is 22.0 Å². The molecular formula is C23H19F5N6O2. The average molecular weight is 506 g/mol. The molecule has 1 atom stereocenters. The normalized spacial score (nSPS) is 13.3. The summed E-state index contributed by atoms with van der Waals surface area (Å²) >= 11 is 0. The third kappa shape index (κ3) is 5.35. The van der Waals surface area contributed by atoms with E-state index in [0.29, 0.717) is 23.2 Å². The molecule has 0 aliphatic heterocycles. The fourth-order valence-corrected chi connectivity index (χ4v) is 3.33. The van der Waals surface area contributed by atoms with E-state index in [4.69, 9.17) is 21.7 Å². The number of pyridine rings is 1. The van der Waals surface area contributed by atoms with Crippen molar-refractivity contribution in [2.24, 2.45) is 16.8 Å². The third-order valence-electron chi connectivity index (χ3n) is 5.12. The third-order valence-corrected chi connectivity index (χ3v) is 5.12. The molecule has 0 saturated carbocycles. The minimum atomic E-state index is -4.26. The molecule has 3 rings (SSSR count). The number of aliphatic hydroxyl groups is 1. The van der Waals surface area contributed by atoms with Crippen molar-refractivity contribution in [1.29, 1.82) is 5.26 Å². The van der Waals surface area contributed by atoms with Crippen LogP contribution in [0, 0.1) is 28.8 Å². The highest BCUT2D eigenvalue weighted by Crippen LogP contribution is 2.46. The molecule has 0 fully saturated rings. The predicted molar refractivity (Wildman–Crippen MR) is 117 cm³/mol. The number of alkyl halides is 2. The second-order valence-corrected chi connectivity index (χ2v) is 7.59. The fraction of sp³-hybridized carbons (Fsp3) is 0.174. The molecule has 188 valence electrons. The van der Waals surface area contributed by atoms with Crippen LogP contribution in [0.3, 0.4) is 0 Å². The van der Waals surface area contributed by atoms with E-state index in [2.05, 4.69) is 10.1 Å². The summed E-state index contributed by atoms with van der Waals surface area (Å²) in [5.41, 5.74) is -4.91. The predicted octanol–water partition coefficient (Wildman–Crippen LogP) is 3.01. The van der Waals surface area contributed by atoms with Crippen LogP contribution in [0.5, 0.6) is 5.75 Å². The Balaban J connectivity index is 1.90. The molecule has 5 N–H and O–H groups in total. The van der Waals surface area contributed by atoms with Crippen molar-refractivity contribution in [1.82, 2.24) is 9.99 Å². The molecule has 0 spiro atoms. The van der Waals surface area contributed by atoms with E-state index in [9.17, 15) is 18.3 Å². The first kappa shape index (κ1) is 26.3. The maximum atomic E-state index is 15.6. The Labute approximate surface area is 201 Å². The number of hydrazine groups is 1.